The summed E-state index contributed by atoms with van der Waals surface area (Å²) in [5, 5.41) is 2.31. The van der Waals surface area contributed by atoms with Crippen LogP contribution in [0.2, 0.25) is 0 Å². The van der Waals surface area contributed by atoms with Crippen LogP contribution in [0, 0.1) is 0 Å². The van der Waals surface area contributed by atoms with E-state index in [1.807, 2.05) is 37.0 Å². The zero-order valence-electron chi connectivity index (χ0n) is 18.3. The Morgan fingerprint density at radius 3 is 2.19 bits per heavy atom. The zero-order valence-corrected chi connectivity index (χ0v) is 19.1. The number of hydrogen-bond donors (Lipinski definition) is 0. The van der Waals surface area contributed by atoms with Crippen LogP contribution in [0.1, 0.15) is 34.1 Å². The summed E-state index contributed by atoms with van der Waals surface area (Å²) in [6, 6.07) is 9.70. The molecule has 1 heterocycles. The molecule has 0 aliphatic heterocycles. The predicted octanol–water partition coefficient (Wildman–Crippen LogP) is 5.02. The van der Waals surface area contributed by atoms with Crippen LogP contribution >= 0.6 is 11.6 Å². The maximum atomic E-state index is 12.5. The number of hydrogen-bond acceptors (Lipinski definition) is 4. The molecule has 0 radical (unpaired) electrons. The van der Waals surface area contributed by atoms with Gasteiger partial charge in [0.25, 0.3) is 0 Å². The van der Waals surface area contributed by atoms with Crippen molar-refractivity contribution in [3.05, 3.63) is 47.0 Å². The fourth-order valence-corrected chi connectivity index (χ4v) is 3.36. The van der Waals surface area contributed by atoms with E-state index in [-0.39, 0.29) is 5.75 Å². The topological polar surface area (TPSA) is 28.6 Å². The lowest BCUT2D eigenvalue weighted by atomic mass is 10.2. The Hall–Kier alpha value is -2.25. The van der Waals surface area contributed by atoms with E-state index >= 15 is 0 Å². The molecule has 31 heavy (non-hydrogen) atoms. The van der Waals surface area contributed by atoms with Crippen molar-refractivity contribution in [2.75, 3.05) is 31.1 Å². The number of halogens is 4. The van der Waals surface area contributed by atoms with Gasteiger partial charge >= 0.3 is 6.36 Å². The molecule has 4 nitrogen and oxygen atoms in total. The Bertz CT molecular complexity index is 958. The summed E-state index contributed by atoms with van der Waals surface area (Å²) in [4.78, 5) is 9.06. The third kappa shape index (κ3) is 7.14. The van der Waals surface area contributed by atoms with Gasteiger partial charge in [0.15, 0.2) is 0 Å². The number of likely N-dealkylation sites (N-methyl/N-ethyl adjacent to an activating group) is 1. The lowest BCUT2D eigenvalue weighted by Crippen LogP contribution is -2.36. The summed E-state index contributed by atoms with van der Waals surface area (Å²) in [5.74, 6) is 0.427. The van der Waals surface area contributed by atoms with Crippen molar-refractivity contribution >= 4 is 34.2 Å². The summed E-state index contributed by atoms with van der Waals surface area (Å²) in [7, 11) is 0. The molecule has 170 valence electrons. The van der Waals surface area contributed by atoms with Crippen LogP contribution in [0.25, 0.3) is 11.1 Å². The maximum Gasteiger partial charge on any atom is 0.573 e. The smallest absolute Gasteiger partial charge is 0.406 e. The van der Waals surface area contributed by atoms with Crippen LogP contribution in [0.5, 0.6) is 5.75 Å². The van der Waals surface area contributed by atoms with Gasteiger partial charge in [0.05, 0.1) is 5.35 Å². The number of nitrogens with zero attached hydrogens (tertiary/aromatic N) is 3. The third-order valence-electron chi connectivity index (χ3n) is 4.98. The molecule has 2 rings (SSSR count). The van der Waals surface area contributed by atoms with Gasteiger partial charge in [0.1, 0.15) is 11.6 Å². The number of alkyl halides is 3. The monoisotopic (exact) mass is 455 g/mol. The zero-order chi connectivity index (χ0) is 23.0. The summed E-state index contributed by atoms with van der Waals surface area (Å²) in [6.45, 7) is 11.3. The first-order chi connectivity index (χ1) is 14.7. The maximum absolute atomic E-state index is 12.5. The van der Waals surface area contributed by atoms with Crippen LogP contribution in [0.4, 0.5) is 24.7 Å². The molecule has 1 aromatic heterocycles. The highest BCUT2D eigenvalue weighted by molar-refractivity contribution is 6.44. The van der Waals surface area contributed by atoms with Crippen molar-refractivity contribution < 1.29 is 17.9 Å². The highest BCUT2D eigenvalue weighted by atomic mass is 35.5. The quantitative estimate of drug-likeness (QED) is 0.531. The molecular formula is C23H29ClF3N3O. The molecule has 0 bridgehead atoms. The number of rotatable bonds is 9. The summed E-state index contributed by atoms with van der Waals surface area (Å²) in [5.41, 5.74) is 0.723. The second-order valence-electron chi connectivity index (χ2n) is 6.87. The second kappa shape index (κ2) is 11.4. The van der Waals surface area contributed by atoms with Gasteiger partial charge in [-0.1, -0.05) is 38.4 Å². The van der Waals surface area contributed by atoms with Gasteiger partial charge in [-0.3, -0.25) is 0 Å². The summed E-state index contributed by atoms with van der Waals surface area (Å²) >= 11 is 6.44. The highest BCUT2D eigenvalue weighted by Gasteiger charge is 2.31. The van der Waals surface area contributed by atoms with Gasteiger partial charge in [0, 0.05) is 23.8 Å². The number of pyridine rings is 1. The molecule has 0 N–H and O–H groups in total. The van der Waals surface area contributed by atoms with Gasteiger partial charge in [-0.2, -0.15) is 0 Å². The van der Waals surface area contributed by atoms with E-state index in [0.29, 0.717) is 29.2 Å². The molecule has 0 atom stereocenters. The van der Waals surface area contributed by atoms with Crippen molar-refractivity contribution in [2.45, 2.75) is 40.5 Å². The second-order valence-corrected chi connectivity index (χ2v) is 7.33. The predicted molar refractivity (Wildman–Crippen MR) is 121 cm³/mol. The van der Waals surface area contributed by atoms with E-state index in [0.717, 1.165) is 30.5 Å². The van der Waals surface area contributed by atoms with Crippen LogP contribution < -0.4 is 20.2 Å². The Balaban J connectivity index is 2.49. The first kappa shape index (κ1) is 25.0. The van der Waals surface area contributed by atoms with Crippen molar-refractivity contribution in [2.24, 2.45) is 0 Å². The van der Waals surface area contributed by atoms with Crippen LogP contribution in [-0.2, 0) is 0 Å². The van der Waals surface area contributed by atoms with E-state index < -0.39 is 6.36 Å². The Kier molecular flexibility index (Phi) is 9.19. The van der Waals surface area contributed by atoms with Gasteiger partial charge < -0.3 is 14.5 Å². The third-order valence-corrected chi connectivity index (χ3v) is 5.43. The van der Waals surface area contributed by atoms with Gasteiger partial charge in [0.2, 0.25) is 0 Å². The van der Waals surface area contributed by atoms with Crippen molar-refractivity contribution in [1.29, 1.82) is 0 Å². The van der Waals surface area contributed by atoms with E-state index in [2.05, 4.69) is 23.5 Å². The molecule has 0 spiro atoms. The minimum Gasteiger partial charge on any atom is -0.406 e. The molecule has 1 aromatic carbocycles. The van der Waals surface area contributed by atoms with Crippen molar-refractivity contribution in [3.63, 3.8) is 0 Å². The van der Waals surface area contributed by atoms with Crippen LogP contribution in [0.15, 0.2) is 36.4 Å². The summed E-state index contributed by atoms with van der Waals surface area (Å²) < 4.78 is 41.5. The fraction of sp³-hybridized carbons (Fsp3) is 0.435. The van der Waals surface area contributed by atoms with Gasteiger partial charge in [-0.25, -0.2) is 4.98 Å². The molecular weight excluding hydrogens is 427 g/mol. The molecule has 0 saturated carbocycles. The number of ether oxygens (including phenoxy) is 1. The first-order valence-corrected chi connectivity index (χ1v) is 10.8. The van der Waals surface area contributed by atoms with E-state index in [1.165, 1.54) is 12.1 Å². The molecule has 0 unspecified atom stereocenters. The Labute approximate surface area is 186 Å². The molecule has 8 heteroatoms. The Morgan fingerprint density at radius 2 is 1.68 bits per heavy atom. The highest BCUT2D eigenvalue weighted by Crippen LogP contribution is 2.28. The van der Waals surface area contributed by atoms with Crippen molar-refractivity contribution in [3.8, 4) is 5.75 Å². The number of benzene rings is 1. The van der Waals surface area contributed by atoms with Crippen molar-refractivity contribution in [1.82, 2.24) is 9.88 Å². The van der Waals surface area contributed by atoms with Gasteiger partial charge in [-0.05, 0) is 68.1 Å². The van der Waals surface area contributed by atoms with Crippen LogP contribution in [0.3, 0.4) is 0 Å². The minimum absolute atomic E-state index is 0.258. The minimum atomic E-state index is -4.72. The van der Waals surface area contributed by atoms with Crippen LogP contribution in [-0.4, -0.2) is 42.4 Å². The SMILES string of the molecule is C/C=c1/ccc(N(CCN(CC)CC)c2ccc(OC(F)(F)F)cc2)n/c1=C(\Cl)CC. The largest absolute Gasteiger partial charge is 0.573 e. The Morgan fingerprint density at radius 1 is 1.03 bits per heavy atom. The molecule has 0 saturated heterocycles. The number of anilines is 2. The normalized spacial score (nSPS) is 13.5. The fourth-order valence-electron chi connectivity index (χ4n) is 3.21. The number of aromatic nitrogens is 1. The lowest BCUT2D eigenvalue weighted by molar-refractivity contribution is -0.274. The standard InChI is InChI=1S/C23H29ClF3N3O/c1-5-17-9-14-21(28-22(17)20(24)6-2)30(16-15-29(7-3)8-4)18-10-12-19(13-11-18)31-23(25,26)27/h5,9-14H,6-8,15-16H2,1-4H3/b17-5-,22-20-. The molecule has 0 aliphatic rings. The average Bonchev–Trinajstić information content (AvgIpc) is 2.75. The summed E-state index contributed by atoms with van der Waals surface area (Å²) in [6.07, 6.45) is -2.12. The average molecular weight is 456 g/mol. The van der Waals surface area contributed by atoms with E-state index in [9.17, 15) is 13.2 Å². The van der Waals surface area contributed by atoms with Gasteiger partial charge in [-0.15, -0.1) is 13.2 Å². The van der Waals surface area contributed by atoms with E-state index in [4.69, 9.17) is 16.6 Å². The first-order valence-electron chi connectivity index (χ1n) is 10.4. The molecule has 0 fully saturated rings. The molecule has 2 aromatic rings. The van der Waals surface area contributed by atoms with E-state index in [1.54, 1.807) is 12.1 Å². The molecule has 0 amide bonds. The lowest BCUT2D eigenvalue weighted by Gasteiger charge is -2.27. The molecule has 0 aliphatic carbocycles.